The molecule has 122 valence electrons. The molecule has 5 heteroatoms. The summed E-state index contributed by atoms with van der Waals surface area (Å²) in [6, 6.07) is 14.9. The molecule has 0 aliphatic carbocycles. The molecule has 2 aliphatic heterocycles. The van der Waals surface area contributed by atoms with Crippen molar-refractivity contribution in [2.75, 3.05) is 13.1 Å². The third-order valence-electron chi connectivity index (χ3n) is 4.77. The van der Waals surface area contributed by atoms with Crippen LogP contribution in [-0.4, -0.2) is 29.9 Å². The van der Waals surface area contributed by atoms with Crippen LogP contribution < -0.4 is 0 Å². The highest BCUT2D eigenvalue weighted by Gasteiger charge is 2.48. The van der Waals surface area contributed by atoms with Crippen LogP contribution in [0.5, 0.6) is 0 Å². The number of halogens is 1. The molecule has 1 fully saturated rings. The Balaban J connectivity index is 1.67. The molecule has 2 heterocycles. The minimum atomic E-state index is -0.706. The van der Waals surface area contributed by atoms with Gasteiger partial charge >= 0.3 is 5.97 Å². The fraction of sp³-hybridized carbons (Fsp3) is 0.263. The average molecular weight is 386 g/mol. The van der Waals surface area contributed by atoms with Crippen LogP contribution in [0.15, 0.2) is 53.0 Å². The molecule has 24 heavy (non-hydrogen) atoms. The number of carbonyl (C=O) groups is 2. The monoisotopic (exact) mass is 385 g/mol. The molecule has 1 atom stereocenters. The van der Waals surface area contributed by atoms with Crippen molar-refractivity contribution < 1.29 is 14.3 Å². The lowest BCUT2D eigenvalue weighted by Gasteiger charge is -2.39. The second-order valence-electron chi connectivity index (χ2n) is 6.24. The van der Waals surface area contributed by atoms with Crippen LogP contribution in [0.1, 0.15) is 39.1 Å². The first-order valence-corrected chi connectivity index (χ1v) is 8.77. The highest BCUT2D eigenvalue weighted by Crippen LogP contribution is 2.43. The molecule has 0 saturated carbocycles. The first-order valence-electron chi connectivity index (χ1n) is 7.97. The maximum atomic E-state index is 12.9. The molecule has 2 aromatic rings. The van der Waals surface area contributed by atoms with Crippen LogP contribution in [0.3, 0.4) is 0 Å². The fourth-order valence-corrected chi connectivity index (χ4v) is 4.10. The summed E-state index contributed by atoms with van der Waals surface area (Å²) >= 11 is 3.44. The maximum absolute atomic E-state index is 12.9. The number of amides is 1. The predicted molar refractivity (Wildman–Crippen MR) is 92.8 cm³/mol. The number of likely N-dealkylation sites (tertiary alicyclic amines) is 1. The van der Waals surface area contributed by atoms with Crippen molar-refractivity contribution in [3.63, 3.8) is 0 Å². The van der Waals surface area contributed by atoms with E-state index in [2.05, 4.69) is 15.9 Å². The molecule has 2 aliphatic rings. The number of carbonyl (C=O) groups excluding carboxylic acids is 2. The summed E-state index contributed by atoms with van der Waals surface area (Å²) < 4.78 is 6.54. The summed E-state index contributed by atoms with van der Waals surface area (Å²) in [7, 11) is 0. The Morgan fingerprint density at radius 2 is 1.88 bits per heavy atom. The van der Waals surface area contributed by atoms with Gasteiger partial charge in [0.2, 0.25) is 0 Å². The van der Waals surface area contributed by atoms with E-state index in [1.165, 1.54) is 0 Å². The molecule has 0 unspecified atom stereocenters. The lowest BCUT2D eigenvalue weighted by Crippen LogP contribution is -2.48. The topological polar surface area (TPSA) is 46.6 Å². The normalized spacial score (nSPS) is 22.4. The molecule has 1 spiro atoms. The van der Waals surface area contributed by atoms with Crippen molar-refractivity contribution in [1.29, 1.82) is 0 Å². The van der Waals surface area contributed by atoms with E-state index in [0.717, 1.165) is 22.9 Å². The Morgan fingerprint density at radius 3 is 2.71 bits per heavy atom. The Hall–Kier alpha value is -2.14. The third kappa shape index (κ3) is 2.35. The summed E-state index contributed by atoms with van der Waals surface area (Å²) in [6.45, 7) is 1.07. The highest BCUT2D eigenvalue weighted by molar-refractivity contribution is 9.10. The zero-order chi connectivity index (χ0) is 16.7. The van der Waals surface area contributed by atoms with E-state index in [4.69, 9.17) is 4.74 Å². The molecule has 0 N–H and O–H groups in total. The first kappa shape index (κ1) is 15.4. The van der Waals surface area contributed by atoms with Gasteiger partial charge in [-0.3, -0.25) is 4.79 Å². The number of fused-ring (bicyclic) bond motifs is 2. The van der Waals surface area contributed by atoms with Crippen molar-refractivity contribution in [3.8, 4) is 0 Å². The van der Waals surface area contributed by atoms with Gasteiger partial charge in [-0.1, -0.05) is 30.3 Å². The minimum absolute atomic E-state index is 0.0398. The van der Waals surface area contributed by atoms with Crippen LogP contribution in [0, 0.1) is 0 Å². The molecular formula is C19H16BrNO3. The lowest BCUT2D eigenvalue weighted by atomic mass is 9.85. The van der Waals surface area contributed by atoms with Crippen LogP contribution in [0.4, 0.5) is 0 Å². The maximum Gasteiger partial charge on any atom is 0.339 e. The van der Waals surface area contributed by atoms with Gasteiger partial charge in [-0.25, -0.2) is 4.79 Å². The Labute approximate surface area is 148 Å². The van der Waals surface area contributed by atoms with E-state index in [0.29, 0.717) is 24.2 Å². The van der Waals surface area contributed by atoms with E-state index in [-0.39, 0.29) is 11.9 Å². The predicted octanol–water partition coefficient (Wildman–Crippen LogP) is 3.75. The second kappa shape index (κ2) is 5.74. The molecule has 1 saturated heterocycles. The summed E-state index contributed by atoms with van der Waals surface area (Å²) in [4.78, 5) is 26.9. The number of rotatable bonds is 1. The van der Waals surface area contributed by atoms with Gasteiger partial charge in [0.1, 0.15) is 0 Å². The van der Waals surface area contributed by atoms with Gasteiger partial charge < -0.3 is 9.64 Å². The van der Waals surface area contributed by atoms with E-state index in [1.54, 1.807) is 11.0 Å². The first-order chi connectivity index (χ1) is 11.6. The van der Waals surface area contributed by atoms with Gasteiger partial charge in [-0.05, 0) is 47.0 Å². The number of hydrogen-bond acceptors (Lipinski definition) is 3. The van der Waals surface area contributed by atoms with Crippen LogP contribution >= 0.6 is 15.9 Å². The number of hydrogen-bond donors (Lipinski definition) is 0. The van der Waals surface area contributed by atoms with Gasteiger partial charge in [-0.15, -0.1) is 0 Å². The molecule has 0 bridgehead atoms. The van der Waals surface area contributed by atoms with E-state index < -0.39 is 5.60 Å². The van der Waals surface area contributed by atoms with Crippen LogP contribution in [0.2, 0.25) is 0 Å². The largest absolute Gasteiger partial charge is 0.449 e. The fourth-order valence-electron chi connectivity index (χ4n) is 3.65. The van der Waals surface area contributed by atoms with Crippen molar-refractivity contribution in [2.24, 2.45) is 0 Å². The highest BCUT2D eigenvalue weighted by atomic mass is 79.9. The smallest absolute Gasteiger partial charge is 0.339 e. The molecule has 0 aromatic heterocycles. The summed E-state index contributed by atoms with van der Waals surface area (Å²) in [5.74, 6) is -0.331. The van der Waals surface area contributed by atoms with Crippen molar-refractivity contribution in [2.45, 2.75) is 18.4 Å². The average Bonchev–Trinajstić information content (AvgIpc) is 2.87. The summed E-state index contributed by atoms with van der Waals surface area (Å²) in [5, 5.41) is 0. The number of ether oxygens (including phenoxy) is 1. The summed E-state index contributed by atoms with van der Waals surface area (Å²) in [6.07, 6.45) is 1.55. The van der Waals surface area contributed by atoms with Gasteiger partial charge in [0.05, 0.1) is 17.7 Å². The SMILES string of the molecule is O=C1O[C@@]2(CCCN(C(=O)c3ccccc3Br)C2)c2ccccc21. The zero-order valence-corrected chi connectivity index (χ0v) is 14.6. The number of esters is 1. The van der Waals surface area contributed by atoms with Crippen LogP contribution in [-0.2, 0) is 10.3 Å². The standard InChI is InChI=1S/C19H16BrNO3/c20-16-9-4-2-7-14(16)17(22)21-11-5-10-19(12-21)15-8-3-1-6-13(15)18(23)24-19/h1-4,6-9H,5,10-12H2/t19-/m1/s1. The van der Waals surface area contributed by atoms with Crippen LogP contribution in [0.25, 0.3) is 0 Å². The molecule has 4 nitrogen and oxygen atoms in total. The van der Waals surface area contributed by atoms with Gasteiger partial charge in [0.25, 0.3) is 5.91 Å². The molecule has 2 aromatic carbocycles. The van der Waals surface area contributed by atoms with E-state index in [9.17, 15) is 9.59 Å². The van der Waals surface area contributed by atoms with Crippen molar-refractivity contribution in [3.05, 3.63) is 69.7 Å². The minimum Gasteiger partial charge on any atom is -0.449 e. The van der Waals surface area contributed by atoms with Gasteiger partial charge in [0.15, 0.2) is 5.60 Å². The van der Waals surface area contributed by atoms with Crippen molar-refractivity contribution >= 4 is 27.8 Å². The summed E-state index contributed by atoms with van der Waals surface area (Å²) in [5.41, 5.74) is 1.45. The quantitative estimate of drug-likeness (QED) is 0.702. The van der Waals surface area contributed by atoms with E-state index in [1.807, 2.05) is 42.5 Å². The number of nitrogens with zero attached hydrogens (tertiary/aromatic N) is 1. The molecule has 0 radical (unpaired) electrons. The molecule has 1 amide bonds. The lowest BCUT2D eigenvalue weighted by molar-refractivity contribution is -0.0442. The second-order valence-corrected chi connectivity index (χ2v) is 7.09. The number of benzene rings is 2. The molecule has 4 rings (SSSR count). The Kier molecular flexibility index (Phi) is 3.68. The third-order valence-corrected chi connectivity index (χ3v) is 5.46. The molecular weight excluding hydrogens is 370 g/mol. The zero-order valence-electron chi connectivity index (χ0n) is 13.0. The van der Waals surface area contributed by atoms with Crippen molar-refractivity contribution in [1.82, 2.24) is 4.90 Å². The van der Waals surface area contributed by atoms with Gasteiger partial charge in [-0.2, -0.15) is 0 Å². The van der Waals surface area contributed by atoms with E-state index >= 15 is 0 Å². The van der Waals surface area contributed by atoms with Gasteiger partial charge in [0, 0.05) is 16.6 Å². The Morgan fingerprint density at radius 1 is 1.12 bits per heavy atom. The Bertz CT molecular complexity index is 835. The number of piperidine rings is 1.